The van der Waals surface area contributed by atoms with Crippen molar-refractivity contribution in [3.05, 3.63) is 56.8 Å². The minimum Gasteiger partial charge on any atom is -0.493 e. The van der Waals surface area contributed by atoms with Crippen molar-refractivity contribution in [2.75, 3.05) is 14.2 Å². The van der Waals surface area contributed by atoms with Gasteiger partial charge in [0, 0.05) is 4.47 Å². The van der Waals surface area contributed by atoms with Crippen LogP contribution in [0, 0.1) is 5.82 Å². The second-order valence-electron chi connectivity index (χ2n) is 4.23. The molecule has 2 aromatic rings. The molecule has 0 bridgehead atoms. The molecule has 0 radical (unpaired) electrons. The smallest absolute Gasteiger partial charge is 0.161 e. The Hall–Kier alpha value is -0.970. The summed E-state index contributed by atoms with van der Waals surface area (Å²) in [6.07, 6.45) is 0. The van der Waals surface area contributed by atoms with Crippen LogP contribution >= 0.6 is 39.1 Å². The summed E-state index contributed by atoms with van der Waals surface area (Å²) < 4.78 is 24.8. The average Bonchev–Trinajstić information content (AvgIpc) is 2.49. The van der Waals surface area contributed by atoms with Gasteiger partial charge >= 0.3 is 0 Å². The number of benzene rings is 2. The number of halogens is 4. The van der Waals surface area contributed by atoms with Crippen LogP contribution in [-0.4, -0.2) is 14.2 Å². The van der Waals surface area contributed by atoms with Crippen molar-refractivity contribution in [3.63, 3.8) is 0 Å². The number of alkyl halides is 1. The SMILES string of the molecule is COc1cc(Br)c(C(Cl)c2cccc(F)c2Cl)cc1OC. The lowest BCUT2D eigenvalue weighted by molar-refractivity contribution is 0.354. The summed E-state index contributed by atoms with van der Waals surface area (Å²) in [6.45, 7) is 0. The van der Waals surface area contributed by atoms with E-state index in [1.54, 1.807) is 31.4 Å². The van der Waals surface area contributed by atoms with Gasteiger partial charge < -0.3 is 9.47 Å². The highest BCUT2D eigenvalue weighted by atomic mass is 79.9. The molecule has 0 saturated carbocycles. The van der Waals surface area contributed by atoms with E-state index in [9.17, 15) is 4.39 Å². The van der Waals surface area contributed by atoms with Crippen LogP contribution in [0.3, 0.4) is 0 Å². The zero-order chi connectivity index (χ0) is 15.6. The van der Waals surface area contributed by atoms with E-state index in [0.717, 1.165) is 4.47 Å². The van der Waals surface area contributed by atoms with Gasteiger partial charge in [-0.1, -0.05) is 39.7 Å². The highest BCUT2D eigenvalue weighted by molar-refractivity contribution is 9.10. The van der Waals surface area contributed by atoms with Gasteiger partial charge in [0.1, 0.15) is 5.82 Å². The molecule has 0 aliphatic heterocycles. The largest absolute Gasteiger partial charge is 0.493 e. The van der Waals surface area contributed by atoms with Gasteiger partial charge in [0.05, 0.1) is 24.6 Å². The maximum atomic E-state index is 13.6. The second kappa shape index (κ2) is 6.86. The Bertz CT molecular complexity index is 664. The van der Waals surface area contributed by atoms with Gasteiger partial charge in [-0.15, -0.1) is 11.6 Å². The molecule has 1 unspecified atom stereocenters. The Labute approximate surface area is 140 Å². The third-order valence-corrected chi connectivity index (χ3v) is 4.59. The average molecular weight is 394 g/mol. The maximum Gasteiger partial charge on any atom is 0.161 e. The number of hydrogen-bond donors (Lipinski definition) is 0. The van der Waals surface area contributed by atoms with Crippen LogP contribution in [0.15, 0.2) is 34.8 Å². The van der Waals surface area contributed by atoms with Crippen molar-refractivity contribution in [1.29, 1.82) is 0 Å². The third-order valence-electron chi connectivity index (χ3n) is 3.03. The molecule has 21 heavy (non-hydrogen) atoms. The van der Waals surface area contributed by atoms with Crippen LogP contribution < -0.4 is 9.47 Å². The second-order valence-corrected chi connectivity index (χ2v) is 5.90. The van der Waals surface area contributed by atoms with E-state index in [1.165, 1.54) is 13.2 Å². The molecule has 0 fully saturated rings. The van der Waals surface area contributed by atoms with Crippen LogP contribution in [-0.2, 0) is 0 Å². The van der Waals surface area contributed by atoms with Gasteiger partial charge in [-0.2, -0.15) is 0 Å². The summed E-state index contributed by atoms with van der Waals surface area (Å²) in [7, 11) is 3.08. The van der Waals surface area contributed by atoms with Crippen LogP contribution in [0.25, 0.3) is 0 Å². The zero-order valence-corrected chi connectivity index (χ0v) is 14.4. The molecular weight excluding hydrogens is 382 g/mol. The molecule has 0 aliphatic rings. The predicted octanol–water partition coefficient (Wildman–Crippen LogP) is 5.59. The fourth-order valence-corrected chi connectivity index (χ4v) is 3.28. The monoisotopic (exact) mass is 392 g/mol. The van der Waals surface area contributed by atoms with Gasteiger partial charge in [0.25, 0.3) is 0 Å². The number of methoxy groups -OCH3 is 2. The Morgan fingerprint density at radius 1 is 1.10 bits per heavy atom. The fraction of sp³-hybridized carbons (Fsp3) is 0.200. The highest BCUT2D eigenvalue weighted by Gasteiger charge is 2.21. The molecule has 0 aliphatic carbocycles. The van der Waals surface area contributed by atoms with E-state index in [1.807, 2.05) is 0 Å². The Morgan fingerprint density at radius 2 is 1.71 bits per heavy atom. The molecule has 2 aromatic carbocycles. The molecular formula is C15H12BrCl2FO2. The number of ether oxygens (including phenoxy) is 2. The van der Waals surface area contributed by atoms with E-state index in [4.69, 9.17) is 32.7 Å². The lowest BCUT2D eigenvalue weighted by Crippen LogP contribution is -1.99. The van der Waals surface area contributed by atoms with Crippen molar-refractivity contribution in [2.24, 2.45) is 0 Å². The first-order valence-electron chi connectivity index (χ1n) is 5.99. The van der Waals surface area contributed by atoms with E-state index >= 15 is 0 Å². The van der Waals surface area contributed by atoms with E-state index in [2.05, 4.69) is 15.9 Å². The van der Waals surface area contributed by atoms with Gasteiger partial charge in [0.15, 0.2) is 11.5 Å². The molecule has 0 spiro atoms. The van der Waals surface area contributed by atoms with Gasteiger partial charge in [-0.05, 0) is 29.3 Å². The van der Waals surface area contributed by atoms with Crippen LogP contribution in [0.5, 0.6) is 11.5 Å². The third kappa shape index (κ3) is 3.28. The molecule has 0 heterocycles. The summed E-state index contributed by atoms with van der Waals surface area (Å²) in [4.78, 5) is 0. The first-order valence-corrected chi connectivity index (χ1v) is 7.59. The molecule has 0 amide bonds. The molecule has 6 heteroatoms. The molecule has 112 valence electrons. The minimum absolute atomic E-state index is 0.0131. The van der Waals surface area contributed by atoms with Crippen molar-refractivity contribution < 1.29 is 13.9 Å². The van der Waals surface area contributed by atoms with E-state index in [-0.39, 0.29) is 5.02 Å². The van der Waals surface area contributed by atoms with Crippen molar-refractivity contribution in [2.45, 2.75) is 5.38 Å². The van der Waals surface area contributed by atoms with Crippen LogP contribution in [0.1, 0.15) is 16.5 Å². The minimum atomic E-state index is -0.623. The van der Waals surface area contributed by atoms with Gasteiger partial charge in [-0.3, -0.25) is 0 Å². The number of hydrogen-bond acceptors (Lipinski definition) is 2. The van der Waals surface area contributed by atoms with Gasteiger partial charge in [-0.25, -0.2) is 4.39 Å². The lowest BCUT2D eigenvalue weighted by atomic mass is 10.0. The summed E-state index contributed by atoms with van der Waals surface area (Å²) >= 11 is 15.9. The fourth-order valence-electron chi connectivity index (χ4n) is 1.95. The summed E-state index contributed by atoms with van der Waals surface area (Å²) in [5.41, 5.74) is 1.20. The van der Waals surface area contributed by atoms with E-state index < -0.39 is 11.2 Å². The lowest BCUT2D eigenvalue weighted by Gasteiger charge is -2.17. The summed E-state index contributed by atoms with van der Waals surface area (Å²) in [5, 5.41) is -0.610. The molecule has 0 N–H and O–H groups in total. The molecule has 0 saturated heterocycles. The molecule has 2 nitrogen and oxygen atoms in total. The standard InChI is InChI=1S/C15H12BrCl2FO2/c1-20-12-6-9(10(16)7-13(12)21-2)14(17)8-4-3-5-11(19)15(8)18/h3-7,14H,1-2H3. The molecule has 2 rings (SSSR count). The quantitative estimate of drug-likeness (QED) is 0.630. The first kappa shape index (κ1) is 16.4. The van der Waals surface area contributed by atoms with Crippen molar-refractivity contribution >= 4 is 39.1 Å². The summed E-state index contributed by atoms with van der Waals surface area (Å²) in [5.74, 6) is 0.604. The van der Waals surface area contributed by atoms with Gasteiger partial charge in [0.2, 0.25) is 0 Å². The highest BCUT2D eigenvalue weighted by Crippen LogP contribution is 2.42. The number of rotatable bonds is 4. The zero-order valence-electron chi connectivity index (χ0n) is 11.3. The normalized spacial score (nSPS) is 12.1. The van der Waals surface area contributed by atoms with Crippen LogP contribution in [0.4, 0.5) is 4.39 Å². The Kier molecular flexibility index (Phi) is 5.36. The van der Waals surface area contributed by atoms with E-state index in [0.29, 0.717) is 22.6 Å². The summed E-state index contributed by atoms with van der Waals surface area (Å²) in [6, 6.07) is 8.03. The maximum absolute atomic E-state index is 13.6. The Morgan fingerprint density at radius 3 is 2.33 bits per heavy atom. The van der Waals surface area contributed by atoms with Crippen molar-refractivity contribution in [3.8, 4) is 11.5 Å². The molecule has 0 aromatic heterocycles. The topological polar surface area (TPSA) is 18.5 Å². The van der Waals surface area contributed by atoms with Crippen LogP contribution in [0.2, 0.25) is 5.02 Å². The predicted molar refractivity (Wildman–Crippen MR) is 86.4 cm³/mol. The Balaban J connectivity index is 2.53. The molecule has 1 atom stereocenters. The van der Waals surface area contributed by atoms with Crippen molar-refractivity contribution in [1.82, 2.24) is 0 Å². The first-order chi connectivity index (χ1) is 9.99.